The van der Waals surface area contributed by atoms with Crippen LogP contribution in [0.25, 0.3) is 0 Å². The summed E-state index contributed by atoms with van der Waals surface area (Å²) < 4.78 is 0. The van der Waals surface area contributed by atoms with Gasteiger partial charge in [-0.25, -0.2) is 0 Å². The Morgan fingerprint density at radius 1 is 1.26 bits per heavy atom. The summed E-state index contributed by atoms with van der Waals surface area (Å²) in [7, 11) is 0. The van der Waals surface area contributed by atoms with Gasteiger partial charge in [-0.15, -0.1) is 0 Å². The molecule has 4 heteroatoms. The maximum Gasteiger partial charge on any atom is 0.272 e. The second-order valence-electron chi connectivity index (χ2n) is 5.34. The average molecular weight is 258 g/mol. The molecule has 0 unspecified atom stereocenters. The van der Waals surface area contributed by atoms with Gasteiger partial charge in [0, 0.05) is 11.6 Å². The Labute approximate surface area is 113 Å². The van der Waals surface area contributed by atoms with Crippen LogP contribution in [0.2, 0.25) is 0 Å². The third-order valence-corrected chi connectivity index (χ3v) is 4.11. The summed E-state index contributed by atoms with van der Waals surface area (Å²) in [6.45, 7) is 0. The predicted molar refractivity (Wildman–Crippen MR) is 72.5 cm³/mol. The number of para-hydroxylation sites is 1. The maximum atomic E-state index is 11.0. The summed E-state index contributed by atoms with van der Waals surface area (Å²) in [5, 5.41) is 20.4. The lowest BCUT2D eigenvalue weighted by Crippen LogP contribution is -2.23. The molecule has 0 amide bonds. The molecule has 1 fully saturated rings. The SMILES string of the molecule is N#CC1(CCc2ccccc2[N+](=O)[O-])CCCCC1. The van der Waals surface area contributed by atoms with Crippen molar-refractivity contribution < 1.29 is 4.92 Å². The first kappa shape index (κ1) is 13.5. The van der Waals surface area contributed by atoms with Crippen molar-refractivity contribution in [3.8, 4) is 6.07 Å². The Bertz CT molecular complexity index is 499. The minimum absolute atomic E-state index is 0.173. The molecule has 0 aliphatic heterocycles. The molecule has 0 saturated heterocycles. The van der Waals surface area contributed by atoms with E-state index in [-0.39, 0.29) is 16.0 Å². The molecule has 0 atom stereocenters. The summed E-state index contributed by atoms with van der Waals surface area (Å²) in [5.74, 6) is 0. The molecule has 1 aromatic carbocycles. The quantitative estimate of drug-likeness (QED) is 0.605. The van der Waals surface area contributed by atoms with Gasteiger partial charge in [-0.3, -0.25) is 10.1 Å². The van der Waals surface area contributed by atoms with Gasteiger partial charge in [-0.05, 0) is 25.7 Å². The number of hydrogen-bond donors (Lipinski definition) is 0. The molecule has 0 N–H and O–H groups in total. The summed E-state index contributed by atoms with van der Waals surface area (Å²) >= 11 is 0. The summed E-state index contributed by atoms with van der Waals surface area (Å²) in [5.41, 5.74) is 0.654. The van der Waals surface area contributed by atoms with Gasteiger partial charge in [0.25, 0.3) is 5.69 Å². The highest BCUT2D eigenvalue weighted by molar-refractivity contribution is 5.40. The lowest BCUT2D eigenvalue weighted by molar-refractivity contribution is -0.385. The highest BCUT2D eigenvalue weighted by Crippen LogP contribution is 2.40. The van der Waals surface area contributed by atoms with Crippen LogP contribution in [0.4, 0.5) is 5.69 Å². The molecule has 1 aromatic rings. The Kier molecular flexibility index (Phi) is 4.16. The van der Waals surface area contributed by atoms with Gasteiger partial charge in [0.05, 0.1) is 16.4 Å². The lowest BCUT2D eigenvalue weighted by atomic mass is 9.72. The van der Waals surface area contributed by atoms with E-state index in [0.29, 0.717) is 6.42 Å². The smallest absolute Gasteiger partial charge is 0.258 e. The average Bonchev–Trinajstić information content (AvgIpc) is 2.46. The van der Waals surface area contributed by atoms with E-state index in [4.69, 9.17) is 0 Å². The number of rotatable bonds is 4. The topological polar surface area (TPSA) is 66.9 Å². The van der Waals surface area contributed by atoms with Gasteiger partial charge in [-0.2, -0.15) is 5.26 Å². The van der Waals surface area contributed by atoms with Crippen molar-refractivity contribution in [2.24, 2.45) is 5.41 Å². The van der Waals surface area contributed by atoms with E-state index in [1.807, 2.05) is 6.07 Å². The van der Waals surface area contributed by atoms with E-state index < -0.39 is 0 Å². The summed E-state index contributed by atoms with van der Waals surface area (Å²) in [6.07, 6.45) is 6.62. The van der Waals surface area contributed by atoms with E-state index in [1.165, 1.54) is 12.5 Å². The first-order valence-electron chi connectivity index (χ1n) is 6.80. The first-order valence-corrected chi connectivity index (χ1v) is 6.80. The summed E-state index contributed by atoms with van der Waals surface area (Å²) in [6, 6.07) is 9.31. The van der Waals surface area contributed by atoms with E-state index in [1.54, 1.807) is 12.1 Å². The fraction of sp³-hybridized carbons (Fsp3) is 0.533. The molecule has 1 aliphatic carbocycles. The number of nitriles is 1. The zero-order valence-electron chi connectivity index (χ0n) is 11.0. The molecule has 2 rings (SSSR count). The van der Waals surface area contributed by atoms with Crippen LogP contribution in [0, 0.1) is 26.9 Å². The van der Waals surface area contributed by atoms with E-state index in [9.17, 15) is 15.4 Å². The van der Waals surface area contributed by atoms with Crippen LogP contribution in [-0.4, -0.2) is 4.92 Å². The molecule has 0 heterocycles. The predicted octanol–water partition coefficient (Wildman–Crippen LogP) is 4.00. The second-order valence-corrected chi connectivity index (χ2v) is 5.34. The zero-order valence-corrected chi connectivity index (χ0v) is 11.0. The van der Waals surface area contributed by atoms with Crippen molar-refractivity contribution >= 4 is 5.69 Å². The Hall–Kier alpha value is -1.89. The van der Waals surface area contributed by atoms with E-state index in [0.717, 1.165) is 37.7 Å². The Morgan fingerprint density at radius 2 is 1.95 bits per heavy atom. The minimum Gasteiger partial charge on any atom is -0.258 e. The van der Waals surface area contributed by atoms with Crippen LogP contribution in [-0.2, 0) is 6.42 Å². The normalized spacial score (nSPS) is 17.6. The van der Waals surface area contributed by atoms with Gasteiger partial charge >= 0.3 is 0 Å². The number of nitro groups is 1. The van der Waals surface area contributed by atoms with Crippen molar-refractivity contribution in [3.63, 3.8) is 0 Å². The van der Waals surface area contributed by atoms with Crippen molar-refractivity contribution in [1.82, 2.24) is 0 Å². The number of hydrogen-bond acceptors (Lipinski definition) is 3. The number of benzene rings is 1. The highest BCUT2D eigenvalue weighted by atomic mass is 16.6. The van der Waals surface area contributed by atoms with Crippen LogP contribution < -0.4 is 0 Å². The molecular formula is C15H18N2O2. The van der Waals surface area contributed by atoms with Crippen LogP contribution in [0.3, 0.4) is 0 Å². The van der Waals surface area contributed by atoms with Crippen LogP contribution in [0.1, 0.15) is 44.1 Å². The van der Waals surface area contributed by atoms with Gasteiger partial charge in [0.15, 0.2) is 0 Å². The Balaban J connectivity index is 2.10. The maximum absolute atomic E-state index is 11.0. The van der Waals surface area contributed by atoms with Gasteiger partial charge < -0.3 is 0 Å². The second kappa shape index (κ2) is 5.83. The molecule has 0 radical (unpaired) electrons. The van der Waals surface area contributed by atoms with E-state index in [2.05, 4.69) is 6.07 Å². The molecule has 100 valence electrons. The monoisotopic (exact) mass is 258 g/mol. The first-order chi connectivity index (χ1) is 9.17. The molecule has 0 aromatic heterocycles. The fourth-order valence-electron chi connectivity index (χ4n) is 2.92. The van der Waals surface area contributed by atoms with Crippen molar-refractivity contribution in [2.75, 3.05) is 0 Å². The molecule has 0 bridgehead atoms. The Morgan fingerprint density at radius 3 is 2.58 bits per heavy atom. The van der Waals surface area contributed by atoms with Crippen LogP contribution in [0.5, 0.6) is 0 Å². The molecule has 1 aliphatic rings. The van der Waals surface area contributed by atoms with Crippen LogP contribution in [0.15, 0.2) is 24.3 Å². The third-order valence-electron chi connectivity index (χ3n) is 4.11. The van der Waals surface area contributed by atoms with Gasteiger partial charge in [0.1, 0.15) is 0 Å². The summed E-state index contributed by atoms with van der Waals surface area (Å²) in [4.78, 5) is 10.6. The van der Waals surface area contributed by atoms with Crippen LogP contribution >= 0.6 is 0 Å². The van der Waals surface area contributed by atoms with Gasteiger partial charge in [-0.1, -0.05) is 37.5 Å². The van der Waals surface area contributed by atoms with Crippen molar-refractivity contribution in [2.45, 2.75) is 44.9 Å². The standard InChI is InChI=1S/C15H18N2O2/c16-12-15(9-4-1-5-10-15)11-8-13-6-2-3-7-14(13)17(18)19/h2-3,6-7H,1,4-5,8-11H2. The largest absolute Gasteiger partial charge is 0.272 e. The van der Waals surface area contributed by atoms with Gasteiger partial charge in [0.2, 0.25) is 0 Å². The molecule has 0 spiro atoms. The highest BCUT2D eigenvalue weighted by Gasteiger charge is 2.32. The fourth-order valence-corrected chi connectivity index (χ4v) is 2.92. The number of nitrogens with zero attached hydrogens (tertiary/aromatic N) is 2. The minimum atomic E-state index is -0.338. The van der Waals surface area contributed by atoms with Crippen molar-refractivity contribution in [3.05, 3.63) is 39.9 Å². The molecule has 19 heavy (non-hydrogen) atoms. The molecule has 4 nitrogen and oxygen atoms in total. The molecular weight excluding hydrogens is 240 g/mol. The number of nitro benzene ring substituents is 1. The number of aryl methyl sites for hydroxylation is 1. The lowest BCUT2D eigenvalue weighted by Gasteiger charge is -2.30. The third kappa shape index (κ3) is 3.11. The zero-order chi connectivity index (χ0) is 13.7. The van der Waals surface area contributed by atoms with Crippen molar-refractivity contribution in [1.29, 1.82) is 5.26 Å². The molecule has 1 saturated carbocycles. The van der Waals surface area contributed by atoms with E-state index >= 15 is 0 Å².